The van der Waals surface area contributed by atoms with Crippen molar-refractivity contribution in [3.8, 4) is 11.8 Å². The predicted octanol–water partition coefficient (Wildman–Crippen LogP) is 3.63. The number of thioether (sulfide) groups is 1. The molecule has 24 heavy (non-hydrogen) atoms. The summed E-state index contributed by atoms with van der Waals surface area (Å²) < 4.78 is 7.75. The van der Waals surface area contributed by atoms with Gasteiger partial charge in [0.25, 0.3) is 0 Å². The fraction of sp³-hybridized carbons (Fsp3) is 0.235. The maximum atomic E-state index is 8.77. The van der Waals surface area contributed by atoms with Gasteiger partial charge in [0, 0.05) is 17.2 Å². The molecule has 0 aliphatic carbocycles. The van der Waals surface area contributed by atoms with Gasteiger partial charge in [0.2, 0.25) is 0 Å². The van der Waals surface area contributed by atoms with E-state index < -0.39 is 0 Å². The van der Waals surface area contributed by atoms with Crippen LogP contribution in [-0.2, 0) is 13.0 Å². The van der Waals surface area contributed by atoms with E-state index in [1.54, 1.807) is 41.6 Å². The number of aryl methyl sites for hydroxylation is 2. The summed E-state index contributed by atoms with van der Waals surface area (Å²) in [6, 6.07) is 13.4. The van der Waals surface area contributed by atoms with Crippen LogP contribution in [0.5, 0.6) is 5.75 Å². The van der Waals surface area contributed by atoms with Crippen LogP contribution in [0.1, 0.15) is 10.4 Å². The minimum absolute atomic E-state index is 0.578. The zero-order valence-electron chi connectivity index (χ0n) is 13.0. The molecule has 2 heterocycles. The van der Waals surface area contributed by atoms with E-state index in [9.17, 15) is 0 Å². The molecule has 0 N–H and O–H groups in total. The Labute approximate surface area is 148 Å². The molecule has 3 rings (SSSR count). The van der Waals surface area contributed by atoms with E-state index in [0.717, 1.165) is 29.6 Å². The van der Waals surface area contributed by atoms with Gasteiger partial charge in [-0.2, -0.15) is 5.26 Å². The van der Waals surface area contributed by atoms with Crippen molar-refractivity contribution in [3.05, 3.63) is 58.5 Å². The molecule has 0 bridgehead atoms. The Morgan fingerprint density at radius 1 is 1.25 bits per heavy atom. The first-order chi connectivity index (χ1) is 11.8. The van der Waals surface area contributed by atoms with Gasteiger partial charge >= 0.3 is 0 Å². The van der Waals surface area contributed by atoms with Gasteiger partial charge in [0.1, 0.15) is 12.1 Å². The first-order valence-corrected chi connectivity index (χ1v) is 9.37. The van der Waals surface area contributed by atoms with Gasteiger partial charge in [-0.05, 0) is 42.1 Å². The Kier molecular flexibility index (Phi) is 5.88. The molecule has 0 spiro atoms. The molecule has 0 amide bonds. The second-order valence-corrected chi connectivity index (χ2v) is 7.06. The molecule has 1 aromatic carbocycles. The molecule has 0 unspecified atom stereocenters. The van der Waals surface area contributed by atoms with Gasteiger partial charge in [-0.1, -0.05) is 17.8 Å². The van der Waals surface area contributed by atoms with Crippen molar-refractivity contribution in [2.75, 3.05) is 12.4 Å². The SMILES string of the molecule is N#Cc1ccc(OCCSc2nncn2CCc2cccs2)cc1. The first kappa shape index (κ1) is 16.6. The average molecular weight is 356 g/mol. The minimum Gasteiger partial charge on any atom is -0.493 e. The van der Waals surface area contributed by atoms with E-state index in [0.29, 0.717) is 12.2 Å². The minimum atomic E-state index is 0.578. The molecule has 3 aromatic rings. The summed E-state index contributed by atoms with van der Waals surface area (Å²) in [5.41, 5.74) is 0.635. The van der Waals surface area contributed by atoms with Crippen molar-refractivity contribution in [3.63, 3.8) is 0 Å². The molecule has 0 aliphatic heterocycles. The van der Waals surface area contributed by atoms with Crippen molar-refractivity contribution in [2.45, 2.75) is 18.1 Å². The number of hydrogen-bond donors (Lipinski definition) is 0. The lowest BCUT2D eigenvalue weighted by Crippen LogP contribution is -2.04. The van der Waals surface area contributed by atoms with Crippen LogP contribution in [0.15, 0.2) is 53.3 Å². The molecule has 0 saturated heterocycles. The highest BCUT2D eigenvalue weighted by molar-refractivity contribution is 7.99. The maximum Gasteiger partial charge on any atom is 0.191 e. The van der Waals surface area contributed by atoms with Crippen molar-refractivity contribution < 1.29 is 4.74 Å². The van der Waals surface area contributed by atoms with Crippen molar-refractivity contribution in [1.29, 1.82) is 5.26 Å². The smallest absolute Gasteiger partial charge is 0.191 e. The molecule has 122 valence electrons. The van der Waals surface area contributed by atoms with Gasteiger partial charge in [-0.15, -0.1) is 21.5 Å². The third kappa shape index (κ3) is 4.60. The van der Waals surface area contributed by atoms with Crippen LogP contribution in [0.3, 0.4) is 0 Å². The molecule has 0 aliphatic rings. The average Bonchev–Trinajstić information content (AvgIpc) is 3.29. The quantitative estimate of drug-likeness (QED) is 0.455. The zero-order valence-corrected chi connectivity index (χ0v) is 14.6. The van der Waals surface area contributed by atoms with Crippen LogP contribution in [0.25, 0.3) is 0 Å². The predicted molar refractivity (Wildman–Crippen MR) is 95.4 cm³/mol. The maximum absolute atomic E-state index is 8.77. The van der Waals surface area contributed by atoms with Gasteiger partial charge < -0.3 is 9.30 Å². The van der Waals surface area contributed by atoms with E-state index in [2.05, 4.69) is 38.3 Å². The van der Waals surface area contributed by atoms with Crippen LogP contribution in [0.4, 0.5) is 0 Å². The molecule has 0 saturated carbocycles. The second-order valence-electron chi connectivity index (χ2n) is 4.97. The van der Waals surface area contributed by atoms with E-state index >= 15 is 0 Å². The summed E-state index contributed by atoms with van der Waals surface area (Å²) in [5, 5.41) is 19.9. The van der Waals surface area contributed by atoms with Gasteiger partial charge in [-0.3, -0.25) is 0 Å². The second kappa shape index (κ2) is 8.52. The van der Waals surface area contributed by atoms with Crippen LogP contribution < -0.4 is 4.74 Å². The molecular weight excluding hydrogens is 340 g/mol. The standard InChI is InChI=1S/C17H16N4OS2/c18-12-14-3-5-15(6-4-14)22-9-11-24-17-20-19-13-21(17)8-7-16-2-1-10-23-16/h1-6,10,13H,7-9,11H2. The van der Waals surface area contributed by atoms with Gasteiger partial charge in [-0.25, -0.2) is 0 Å². The lowest BCUT2D eigenvalue weighted by Gasteiger charge is -2.07. The Bertz CT molecular complexity index is 791. The van der Waals surface area contributed by atoms with Crippen LogP contribution >= 0.6 is 23.1 Å². The largest absolute Gasteiger partial charge is 0.493 e. The summed E-state index contributed by atoms with van der Waals surface area (Å²) >= 11 is 3.40. The van der Waals surface area contributed by atoms with Gasteiger partial charge in [0.15, 0.2) is 5.16 Å². The van der Waals surface area contributed by atoms with E-state index in [1.165, 1.54) is 4.88 Å². The summed E-state index contributed by atoms with van der Waals surface area (Å²) in [6.07, 6.45) is 2.77. The molecule has 0 fully saturated rings. The summed E-state index contributed by atoms with van der Waals surface area (Å²) in [6.45, 7) is 1.46. The van der Waals surface area contributed by atoms with E-state index in [4.69, 9.17) is 10.00 Å². The number of hydrogen-bond acceptors (Lipinski definition) is 6. The number of nitriles is 1. The Hall–Kier alpha value is -2.30. The van der Waals surface area contributed by atoms with Gasteiger partial charge in [0.05, 0.1) is 18.2 Å². The summed E-state index contributed by atoms with van der Waals surface area (Å²) in [7, 11) is 0. The molecule has 5 nitrogen and oxygen atoms in total. The van der Waals surface area contributed by atoms with Crippen molar-refractivity contribution in [1.82, 2.24) is 14.8 Å². The lowest BCUT2D eigenvalue weighted by molar-refractivity contribution is 0.344. The van der Waals surface area contributed by atoms with Crippen molar-refractivity contribution in [2.24, 2.45) is 0 Å². The molecule has 2 aromatic heterocycles. The lowest BCUT2D eigenvalue weighted by atomic mass is 10.2. The van der Waals surface area contributed by atoms with Crippen LogP contribution in [0, 0.1) is 11.3 Å². The third-order valence-electron chi connectivity index (χ3n) is 3.33. The number of ether oxygens (including phenoxy) is 1. The van der Waals surface area contributed by atoms with Crippen LogP contribution in [0.2, 0.25) is 0 Å². The molecule has 0 radical (unpaired) electrons. The van der Waals surface area contributed by atoms with Crippen LogP contribution in [-0.4, -0.2) is 27.1 Å². The number of benzene rings is 1. The molecule has 7 heteroatoms. The summed E-state index contributed by atoms with van der Waals surface area (Å²) in [5.74, 6) is 1.56. The topological polar surface area (TPSA) is 63.7 Å². The molecule has 0 atom stereocenters. The molecular formula is C17H16N4OS2. The number of thiophene rings is 1. The Balaban J connectivity index is 1.43. The van der Waals surface area contributed by atoms with E-state index in [-0.39, 0.29) is 0 Å². The zero-order chi connectivity index (χ0) is 16.6. The Morgan fingerprint density at radius 2 is 2.12 bits per heavy atom. The fourth-order valence-corrected chi connectivity index (χ4v) is 3.57. The highest BCUT2D eigenvalue weighted by Crippen LogP contribution is 2.18. The van der Waals surface area contributed by atoms with Crippen molar-refractivity contribution >= 4 is 23.1 Å². The van der Waals surface area contributed by atoms with E-state index in [1.807, 2.05) is 12.1 Å². The summed E-state index contributed by atoms with van der Waals surface area (Å²) in [4.78, 5) is 1.36. The normalized spacial score (nSPS) is 10.5. The highest BCUT2D eigenvalue weighted by atomic mass is 32.2. The number of nitrogens with zero attached hydrogens (tertiary/aromatic N) is 4. The number of aromatic nitrogens is 3. The fourth-order valence-electron chi connectivity index (χ4n) is 2.11. The third-order valence-corrected chi connectivity index (χ3v) is 5.21. The Morgan fingerprint density at radius 3 is 2.88 bits per heavy atom. The highest BCUT2D eigenvalue weighted by Gasteiger charge is 2.06. The first-order valence-electron chi connectivity index (χ1n) is 7.51. The monoisotopic (exact) mass is 356 g/mol. The number of rotatable bonds is 8.